The molecular weight excluding hydrogens is 310 g/mol. The minimum Gasteiger partial charge on any atom is -0.342 e. The highest BCUT2D eigenvalue weighted by molar-refractivity contribution is 7.92. The van der Waals surface area contributed by atoms with Crippen molar-refractivity contribution in [1.29, 1.82) is 0 Å². The van der Waals surface area contributed by atoms with Crippen LogP contribution in [0.15, 0.2) is 48.5 Å². The molecule has 0 aliphatic carbocycles. The molecule has 2 aromatic carbocycles. The van der Waals surface area contributed by atoms with Crippen LogP contribution in [0.4, 0.5) is 5.69 Å². The molecular formula is C17H19N3O2S. The fourth-order valence-corrected chi connectivity index (χ4v) is 3.65. The van der Waals surface area contributed by atoms with Gasteiger partial charge < -0.3 is 4.98 Å². The van der Waals surface area contributed by atoms with E-state index in [0.29, 0.717) is 12.1 Å². The summed E-state index contributed by atoms with van der Waals surface area (Å²) < 4.78 is 27.0. The van der Waals surface area contributed by atoms with Crippen LogP contribution in [0.25, 0.3) is 11.0 Å². The quantitative estimate of drug-likeness (QED) is 0.729. The third-order valence-electron chi connectivity index (χ3n) is 3.59. The van der Waals surface area contributed by atoms with E-state index in [1.807, 2.05) is 37.3 Å². The second-order valence-electron chi connectivity index (χ2n) is 5.56. The van der Waals surface area contributed by atoms with Gasteiger partial charge >= 0.3 is 0 Å². The fraction of sp³-hybridized carbons (Fsp3) is 0.235. The van der Waals surface area contributed by atoms with Gasteiger partial charge in [-0.15, -0.1) is 0 Å². The summed E-state index contributed by atoms with van der Waals surface area (Å²) in [6.45, 7) is 1.87. The Hall–Kier alpha value is -2.34. The van der Waals surface area contributed by atoms with Gasteiger partial charge in [-0.25, -0.2) is 13.4 Å². The first-order valence-corrected chi connectivity index (χ1v) is 9.18. The van der Waals surface area contributed by atoms with Crippen LogP contribution in [0.1, 0.15) is 17.8 Å². The predicted octanol–water partition coefficient (Wildman–Crippen LogP) is 3.25. The Balaban J connectivity index is 1.62. The molecule has 0 amide bonds. The second-order valence-corrected chi connectivity index (χ2v) is 7.41. The summed E-state index contributed by atoms with van der Waals surface area (Å²) in [4.78, 5) is 7.40. The monoisotopic (exact) mass is 329 g/mol. The lowest BCUT2D eigenvalue weighted by Crippen LogP contribution is -2.17. The third kappa shape index (κ3) is 4.10. The number of fused-ring (bicyclic) bond motifs is 1. The number of sulfonamides is 1. The average Bonchev–Trinajstić information content (AvgIpc) is 2.87. The zero-order valence-electron chi connectivity index (χ0n) is 12.9. The van der Waals surface area contributed by atoms with Crippen molar-refractivity contribution in [3.63, 3.8) is 0 Å². The fourth-order valence-electron chi connectivity index (χ4n) is 2.54. The molecule has 0 bridgehead atoms. The zero-order valence-corrected chi connectivity index (χ0v) is 13.7. The maximum atomic E-state index is 12.2. The van der Waals surface area contributed by atoms with E-state index in [-0.39, 0.29) is 5.75 Å². The Kier molecular flexibility index (Phi) is 4.34. The van der Waals surface area contributed by atoms with Gasteiger partial charge in [0.05, 0.1) is 22.5 Å². The average molecular weight is 329 g/mol. The van der Waals surface area contributed by atoms with E-state index in [0.717, 1.165) is 28.8 Å². The molecule has 0 saturated heterocycles. The van der Waals surface area contributed by atoms with Gasteiger partial charge in [-0.2, -0.15) is 0 Å². The van der Waals surface area contributed by atoms with Crippen molar-refractivity contribution in [2.24, 2.45) is 0 Å². The van der Waals surface area contributed by atoms with E-state index in [2.05, 4.69) is 14.7 Å². The number of hydrogen-bond donors (Lipinski definition) is 2. The van der Waals surface area contributed by atoms with Crippen LogP contribution in [0.5, 0.6) is 0 Å². The summed E-state index contributed by atoms with van der Waals surface area (Å²) in [5.41, 5.74) is 3.36. The molecule has 0 aliphatic rings. The summed E-state index contributed by atoms with van der Waals surface area (Å²) in [5, 5.41) is 0. The van der Waals surface area contributed by atoms with E-state index >= 15 is 0 Å². The van der Waals surface area contributed by atoms with Gasteiger partial charge in [0.25, 0.3) is 0 Å². The first kappa shape index (κ1) is 15.6. The van der Waals surface area contributed by atoms with E-state index in [1.165, 1.54) is 0 Å². The molecule has 2 N–H and O–H groups in total. The summed E-state index contributed by atoms with van der Waals surface area (Å²) in [5.74, 6) is 0.907. The van der Waals surface area contributed by atoms with E-state index in [1.54, 1.807) is 18.2 Å². The lowest BCUT2D eigenvalue weighted by molar-refractivity contribution is 0.598. The van der Waals surface area contributed by atoms with Crippen LogP contribution >= 0.6 is 0 Å². The molecule has 3 aromatic rings. The number of imidazole rings is 1. The largest absolute Gasteiger partial charge is 0.342 e. The number of benzene rings is 2. The summed E-state index contributed by atoms with van der Waals surface area (Å²) in [7, 11) is -3.35. The number of rotatable bonds is 6. The summed E-state index contributed by atoms with van der Waals surface area (Å²) in [6, 6.07) is 15.2. The van der Waals surface area contributed by atoms with Crippen molar-refractivity contribution in [3.8, 4) is 0 Å². The highest BCUT2D eigenvalue weighted by Gasteiger charge is 2.11. The normalized spacial score (nSPS) is 11.7. The zero-order chi connectivity index (χ0) is 16.3. The van der Waals surface area contributed by atoms with Crippen molar-refractivity contribution in [2.45, 2.75) is 19.8 Å². The van der Waals surface area contributed by atoms with Gasteiger partial charge in [0.1, 0.15) is 5.82 Å². The number of H-pyrrole nitrogens is 1. The Labute approximate surface area is 135 Å². The molecule has 0 spiro atoms. The molecule has 0 atom stereocenters. The predicted molar refractivity (Wildman–Crippen MR) is 93.0 cm³/mol. The molecule has 1 aromatic heterocycles. The molecule has 6 heteroatoms. The minimum absolute atomic E-state index is 0.0991. The summed E-state index contributed by atoms with van der Waals surface area (Å²) >= 11 is 0. The van der Waals surface area contributed by atoms with Gasteiger partial charge in [0.15, 0.2) is 0 Å². The standard InChI is InChI=1S/C17H19N3O2S/c1-13-18-16-10-9-15(12-17(16)19-13)20-23(21,22)11-5-8-14-6-3-2-4-7-14/h2-4,6-7,9-10,12,20H,5,8,11H2,1H3,(H,18,19). The Morgan fingerprint density at radius 3 is 2.70 bits per heavy atom. The molecule has 0 radical (unpaired) electrons. The lowest BCUT2D eigenvalue weighted by atomic mass is 10.1. The molecule has 0 saturated carbocycles. The van der Waals surface area contributed by atoms with Crippen molar-refractivity contribution < 1.29 is 8.42 Å². The Morgan fingerprint density at radius 1 is 1.13 bits per heavy atom. The number of aromatic amines is 1. The number of nitrogens with zero attached hydrogens (tertiary/aromatic N) is 1. The Bertz CT molecular complexity index is 902. The van der Waals surface area contributed by atoms with Gasteiger partial charge in [0, 0.05) is 0 Å². The van der Waals surface area contributed by atoms with Crippen LogP contribution in [0.3, 0.4) is 0 Å². The van der Waals surface area contributed by atoms with E-state index in [9.17, 15) is 8.42 Å². The van der Waals surface area contributed by atoms with Crippen molar-refractivity contribution in [1.82, 2.24) is 9.97 Å². The lowest BCUT2D eigenvalue weighted by Gasteiger charge is -2.08. The van der Waals surface area contributed by atoms with Crippen molar-refractivity contribution >= 4 is 26.7 Å². The highest BCUT2D eigenvalue weighted by atomic mass is 32.2. The van der Waals surface area contributed by atoms with Gasteiger partial charge in [-0.1, -0.05) is 30.3 Å². The van der Waals surface area contributed by atoms with Crippen LogP contribution in [0, 0.1) is 6.92 Å². The maximum Gasteiger partial charge on any atom is 0.232 e. The van der Waals surface area contributed by atoms with Crippen LogP contribution in [-0.2, 0) is 16.4 Å². The summed E-state index contributed by atoms with van der Waals surface area (Å²) in [6.07, 6.45) is 1.34. The molecule has 5 nitrogen and oxygen atoms in total. The molecule has 0 unspecified atom stereocenters. The number of anilines is 1. The molecule has 3 rings (SSSR count). The smallest absolute Gasteiger partial charge is 0.232 e. The van der Waals surface area contributed by atoms with Gasteiger partial charge in [-0.3, -0.25) is 4.72 Å². The van der Waals surface area contributed by atoms with Crippen molar-refractivity contribution in [2.75, 3.05) is 10.5 Å². The number of aryl methyl sites for hydroxylation is 2. The SMILES string of the molecule is Cc1nc2ccc(NS(=O)(=O)CCCc3ccccc3)cc2[nH]1. The van der Waals surface area contributed by atoms with Crippen LogP contribution in [0.2, 0.25) is 0 Å². The molecule has 0 fully saturated rings. The van der Waals surface area contributed by atoms with Gasteiger partial charge in [-0.05, 0) is 43.5 Å². The third-order valence-corrected chi connectivity index (χ3v) is 4.97. The molecule has 120 valence electrons. The second kappa shape index (κ2) is 6.42. The van der Waals surface area contributed by atoms with Gasteiger partial charge in [0.2, 0.25) is 10.0 Å². The molecule has 1 heterocycles. The van der Waals surface area contributed by atoms with E-state index in [4.69, 9.17) is 0 Å². The maximum absolute atomic E-state index is 12.2. The first-order chi connectivity index (χ1) is 11.0. The van der Waals surface area contributed by atoms with E-state index < -0.39 is 10.0 Å². The Morgan fingerprint density at radius 2 is 1.91 bits per heavy atom. The number of nitrogens with one attached hydrogen (secondary N) is 2. The van der Waals surface area contributed by atoms with Crippen LogP contribution < -0.4 is 4.72 Å². The van der Waals surface area contributed by atoms with Crippen molar-refractivity contribution in [3.05, 3.63) is 59.9 Å². The molecule has 0 aliphatic heterocycles. The molecule has 23 heavy (non-hydrogen) atoms. The highest BCUT2D eigenvalue weighted by Crippen LogP contribution is 2.18. The number of hydrogen-bond acceptors (Lipinski definition) is 3. The minimum atomic E-state index is -3.35. The topological polar surface area (TPSA) is 74.8 Å². The number of aromatic nitrogens is 2. The van der Waals surface area contributed by atoms with Crippen LogP contribution in [-0.4, -0.2) is 24.1 Å². The first-order valence-electron chi connectivity index (χ1n) is 7.53.